The zero-order valence-corrected chi connectivity index (χ0v) is 16.6. The van der Waals surface area contributed by atoms with E-state index in [9.17, 15) is 12.8 Å². The summed E-state index contributed by atoms with van der Waals surface area (Å²) in [6, 6.07) is 4.16. The second kappa shape index (κ2) is 7.43. The largest absolute Gasteiger partial charge is 0.381 e. The minimum atomic E-state index is -3.72. The number of ether oxygens (including phenoxy) is 2. The van der Waals surface area contributed by atoms with E-state index in [1.165, 1.54) is 29.3 Å². The van der Waals surface area contributed by atoms with Crippen LogP contribution in [0.15, 0.2) is 23.1 Å². The smallest absolute Gasteiger partial charge is 0.243 e. The lowest BCUT2D eigenvalue weighted by atomic mass is 9.72. The summed E-state index contributed by atoms with van der Waals surface area (Å²) in [5, 5.41) is 0. The summed E-state index contributed by atoms with van der Waals surface area (Å²) in [7, 11) is -3.72. The van der Waals surface area contributed by atoms with Crippen molar-refractivity contribution < 1.29 is 22.3 Å². The van der Waals surface area contributed by atoms with Gasteiger partial charge in [0.15, 0.2) is 0 Å². The average Bonchev–Trinajstić information content (AvgIpc) is 3.41. The Balaban J connectivity index is 1.54. The van der Waals surface area contributed by atoms with E-state index in [0.717, 1.165) is 25.5 Å². The fourth-order valence-electron chi connectivity index (χ4n) is 4.29. The average molecular weight is 398 g/mol. The SMILES string of the molecule is Cc1ccc(S(=O)(=O)N2CC(COCC3CC3)C3(CCOCC3)C2)cc1F. The number of sulfonamides is 1. The van der Waals surface area contributed by atoms with Crippen LogP contribution in [0.25, 0.3) is 0 Å². The van der Waals surface area contributed by atoms with E-state index in [1.54, 1.807) is 6.92 Å². The Morgan fingerprint density at radius 1 is 1.26 bits per heavy atom. The molecule has 0 aromatic heterocycles. The molecular weight excluding hydrogens is 369 g/mol. The van der Waals surface area contributed by atoms with Gasteiger partial charge in [-0.3, -0.25) is 0 Å². The molecule has 0 bridgehead atoms. The molecule has 1 atom stereocenters. The highest BCUT2D eigenvalue weighted by Crippen LogP contribution is 2.46. The van der Waals surface area contributed by atoms with Gasteiger partial charge in [0.25, 0.3) is 0 Å². The number of aryl methyl sites for hydroxylation is 1. The minimum absolute atomic E-state index is 0.0346. The van der Waals surface area contributed by atoms with Crippen LogP contribution in [0.5, 0.6) is 0 Å². The summed E-state index contributed by atoms with van der Waals surface area (Å²) in [5.41, 5.74) is 0.348. The molecule has 0 N–H and O–H groups in total. The Bertz CT molecular complexity index is 787. The van der Waals surface area contributed by atoms with Crippen molar-refractivity contribution >= 4 is 10.0 Å². The van der Waals surface area contributed by atoms with Crippen LogP contribution in [0.3, 0.4) is 0 Å². The van der Waals surface area contributed by atoms with Gasteiger partial charge in [0.1, 0.15) is 5.82 Å². The molecule has 1 saturated carbocycles. The van der Waals surface area contributed by atoms with Gasteiger partial charge in [-0.15, -0.1) is 0 Å². The molecule has 27 heavy (non-hydrogen) atoms. The molecule has 1 aromatic carbocycles. The molecule has 1 spiro atoms. The van der Waals surface area contributed by atoms with Gasteiger partial charge in [-0.1, -0.05) is 6.07 Å². The number of hydrogen-bond donors (Lipinski definition) is 0. The number of hydrogen-bond acceptors (Lipinski definition) is 4. The summed E-state index contributed by atoms with van der Waals surface area (Å²) < 4.78 is 53.3. The van der Waals surface area contributed by atoms with Crippen molar-refractivity contribution in [3.8, 4) is 0 Å². The van der Waals surface area contributed by atoms with Gasteiger partial charge in [-0.25, -0.2) is 12.8 Å². The van der Waals surface area contributed by atoms with Gasteiger partial charge in [-0.05, 0) is 61.6 Å². The maximum absolute atomic E-state index is 13.9. The van der Waals surface area contributed by atoms with Crippen molar-refractivity contribution in [3.05, 3.63) is 29.6 Å². The minimum Gasteiger partial charge on any atom is -0.381 e. The van der Waals surface area contributed by atoms with Gasteiger partial charge < -0.3 is 9.47 Å². The summed E-state index contributed by atoms with van der Waals surface area (Å²) in [6.45, 7) is 5.21. The molecule has 1 aromatic rings. The van der Waals surface area contributed by atoms with E-state index in [1.807, 2.05) is 0 Å². The zero-order valence-electron chi connectivity index (χ0n) is 15.8. The Labute approximate surface area is 160 Å². The lowest BCUT2D eigenvalue weighted by molar-refractivity contribution is -0.0241. The van der Waals surface area contributed by atoms with Crippen molar-refractivity contribution in [1.29, 1.82) is 0 Å². The number of halogens is 1. The second-order valence-corrected chi connectivity index (χ2v) is 10.3. The molecule has 0 radical (unpaired) electrons. The van der Waals surface area contributed by atoms with Crippen LogP contribution in [0.1, 0.15) is 31.2 Å². The predicted molar refractivity (Wildman–Crippen MR) is 99.4 cm³/mol. The Morgan fingerprint density at radius 3 is 2.67 bits per heavy atom. The molecule has 2 aliphatic heterocycles. The maximum atomic E-state index is 13.9. The topological polar surface area (TPSA) is 55.8 Å². The van der Waals surface area contributed by atoms with E-state index in [2.05, 4.69) is 0 Å². The molecule has 4 rings (SSSR count). The van der Waals surface area contributed by atoms with Crippen LogP contribution in [-0.2, 0) is 19.5 Å². The lowest BCUT2D eigenvalue weighted by Crippen LogP contribution is -2.39. The monoisotopic (exact) mass is 397 g/mol. The van der Waals surface area contributed by atoms with E-state index in [-0.39, 0.29) is 16.2 Å². The highest BCUT2D eigenvalue weighted by atomic mass is 32.2. The predicted octanol–water partition coefficient (Wildman–Crippen LogP) is 2.98. The Kier molecular flexibility index (Phi) is 5.31. The van der Waals surface area contributed by atoms with E-state index < -0.39 is 15.8 Å². The highest BCUT2D eigenvalue weighted by molar-refractivity contribution is 7.89. The first-order chi connectivity index (χ1) is 12.9. The molecule has 5 nitrogen and oxygen atoms in total. The van der Waals surface area contributed by atoms with Crippen LogP contribution in [0, 0.1) is 30.0 Å². The molecule has 0 amide bonds. The molecule has 7 heteroatoms. The fraction of sp³-hybridized carbons (Fsp3) is 0.700. The number of benzene rings is 1. The maximum Gasteiger partial charge on any atom is 0.243 e. The van der Waals surface area contributed by atoms with Crippen molar-refractivity contribution in [2.24, 2.45) is 17.3 Å². The summed E-state index contributed by atoms with van der Waals surface area (Å²) in [5.74, 6) is 0.359. The summed E-state index contributed by atoms with van der Waals surface area (Å²) in [4.78, 5) is 0.0346. The van der Waals surface area contributed by atoms with E-state index in [4.69, 9.17) is 9.47 Å². The molecule has 150 valence electrons. The van der Waals surface area contributed by atoms with Crippen molar-refractivity contribution in [1.82, 2.24) is 4.31 Å². The summed E-state index contributed by atoms with van der Waals surface area (Å²) >= 11 is 0. The zero-order chi connectivity index (χ0) is 19.1. The first kappa shape index (κ1) is 19.3. The van der Waals surface area contributed by atoms with Gasteiger partial charge in [0, 0.05) is 38.8 Å². The first-order valence-electron chi connectivity index (χ1n) is 9.82. The fourth-order valence-corrected chi connectivity index (χ4v) is 5.88. The van der Waals surface area contributed by atoms with Crippen LogP contribution < -0.4 is 0 Å². The first-order valence-corrected chi connectivity index (χ1v) is 11.3. The highest BCUT2D eigenvalue weighted by Gasteiger charge is 2.50. The van der Waals surface area contributed by atoms with Crippen LogP contribution in [-0.4, -0.2) is 52.2 Å². The van der Waals surface area contributed by atoms with Crippen molar-refractivity contribution in [2.75, 3.05) is 39.5 Å². The Hall–Kier alpha value is -1.02. The van der Waals surface area contributed by atoms with Crippen molar-refractivity contribution in [2.45, 2.75) is 37.5 Å². The molecule has 1 aliphatic carbocycles. The van der Waals surface area contributed by atoms with E-state index >= 15 is 0 Å². The van der Waals surface area contributed by atoms with Crippen LogP contribution in [0.4, 0.5) is 4.39 Å². The van der Waals surface area contributed by atoms with Crippen LogP contribution in [0.2, 0.25) is 0 Å². The lowest BCUT2D eigenvalue weighted by Gasteiger charge is -2.38. The normalized spacial score (nSPS) is 25.9. The molecular formula is C20H28FNO4S. The van der Waals surface area contributed by atoms with Crippen molar-refractivity contribution in [3.63, 3.8) is 0 Å². The third-order valence-corrected chi connectivity index (χ3v) is 8.23. The van der Waals surface area contributed by atoms with E-state index in [0.29, 0.717) is 44.4 Å². The standard InChI is InChI=1S/C20H28FNO4S/c1-15-2-5-18(10-19(15)21)27(23,24)22-11-17(13-26-12-16-3-4-16)20(14-22)6-8-25-9-7-20/h2,5,10,16-17H,3-4,6-9,11-14H2,1H3. The molecule has 3 fully saturated rings. The molecule has 3 aliphatic rings. The summed E-state index contributed by atoms with van der Waals surface area (Å²) in [6.07, 6.45) is 4.17. The Morgan fingerprint density at radius 2 is 2.00 bits per heavy atom. The van der Waals surface area contributed by atoms with Gasteiger partial charge in [0.2, 0.25) is 10.0 Å². The van der Waals surface area contributed by atoms with Gasteiger partial charge in [-0.2, -0.15) is 4.31 Å². The quantitative estimate of drug-likeness (QED) is 0.741. The number of rotatable bonds is 6. The van der Waals surface area contributed by atoms with Gasteiger partial charge in [0.05, 0.1) is 11.5 Å². The van der Waals surface area contributed by atoms with Crippen LogP contribution >= 0.6 is 0 Å². The molecule has 2 saturated heterocycles. The molecule has 1 unspecified atom stereocenters. The van der Waals surface area contributed by atoms with Gasteiger partial charge >= 0.3 is 0 Å². The number of nitrogens with zero attached hydrogens (tertiary/aromatic N) is 1. The molecule has 2 heterocycles. The third kappa shape index (κ3) is 3.92. The second-order valence-electron chi connectivity index (χ2n) is 8.36. The third-order valence-electron chi connectivity index (χ3n) is 6.42.